The van der Waals surface area contributed by atoms with Crippen LogP contribution in [0.5, 0.6) is 0 Å². The van der Waals surface area contributed by atoms with Gasteiger partial charge in [0.15, 0.2) is 0 Å². The number of pyridine rings is 1. The summed E-state index contributed by atoms with van der Waals surface area (Å²) < 4.78 is 0. The molecule has 2 heteroatoms. The van der Waals surface area contributed by atoms with Gasteiger partial charge in [-0.1, -0.05) is 35.4 Å². The van der Waals surface area contributed by atoms with Crippen LogP contribution in [0, 0.1) is 27.7 Å². The van der Waals surface area contributed by atoms with Gasteiger partial charge in [-0.2, -0.15) is 0 Å². The molecule has 0 aliphatic carbocycles. The molecule has 2 nitrogen and oxygen atoms in total. The molecule has 0 N–H and O–H groups in total. The van der Waals surface area contributed by atoms with E-state index >= 15 is 0 Å². The van der Waals surface area contributed by atoms with E-state index in [1.807, 2.05) is 12.3 Å². The fraction of sp³-hybridized carbons (Fsp3) is 0.261. The maximum Gasteiger partial charge on any atom is 0.0728 e. The van der Waals surface area contributed by atoms with Crippen LogP contribution in [0.2, 0.25) is 0 Å². The molecule has 0 spiro atoms. The molecule has 0 bridgehead atoms. The van der Waals surface area contributed by atoms with Crippen molar-refractivity contribution in [3.63, 3.8) is 0 Å². The third kappa shape index (κ3) is 3.43. The molecule has 0 saturated heterocycles. The summed E-state index contributed by atoms with van der Waals surface area (Å²) in [4.78, 5) is 6.78. The van der Waals surface area contributed by atoms with Gasteiger partial charge in [0.25, 0.3) is 0 Å². The molecule has 0 atom stereocenters. The normalized spacial score (nSPS) is 10.8. The van der Waals surface area contributed by atoms with Gasteiger partial charge in [-0.25, -0.2) is 0 Å². The molecule has 25 heavy (non-hydrogen) atoms. The average Bonchev–Trinajstić information content (AvgIpc) is 2.55. The zero-order valence-electron chi connectivity index (χ0n) is 16.0. The Bertz CT molecular complexity index is 900. The van der Waals surface area contributed by atoms with Crippen LogP contribution in [0.25, 0.3) is 22.4 Å². The second-order valence-corrected chi connectivity index (χ2v) is 7.12. The van der Waals surface area contributed by atoms with Gasteiger partial charge in [0.05, 0.1) is 5.69 Å². The number of benzene rings is 2. The predicted molar refractivity (Wildman–Crippen MR) is 108 cm³/mol. The van der Waals surface area contributed by atoms with E-state index in [4.69, 9.17) is 0 Å². The van der Waals surface area contributed by atoms with E-state index in [-0.39, 0.29) is 0 Å². The molecule has 0 amide bonds. The van der Waals surface area contributed by atoms with Crippen LogP contribution in [0.15, 0.2) is 48.7 Å². The van der Waals surface area contributed by atoms with Crippen LogP contribution < -0.4 is 4.90 Å². The zero-order valence-corrected chi connectivity index (χ0v) is 16.0. The zero-order chi connectivity index (χ0) is 18.1. The Morgan fingerprint density at radius 2 is 1.40 bits per heavy atom. The summed E-state index contributed by atoms with van der Waals surface area (Å²) in [5, 5.41) is 0. The molecule has 3 rings (SSSR count). The van der Waals surface area contributed by atoms with Crippen molar-refractivity contribution in [2.75, 3.05) is 19.0 Å². The molecule has 0 aliphatic rings. The lowest BCUT2D eigenvalue weighted by Gasteiger charge is -2.18. The molecule has 0 aliphatic heterocycles. The lowest BCUT2D eigenvalue weighted by Crippen LogP contribution is -2.08. The SMILES string of the molecule is Cc1cc(C)c(-c2ccc(C)cc2-c2cc(N(C)C)ccn2)c(C)c1. The molecule has 0 unspecified atom stereocenters. The Hall–Kier alpha value is -2.61. The minimum Gasteiger partial charge on any atom is -0.378 e. The molecule has 0 fully saturated rings. The average molecular weight is 330 g/mol. The summed E-state index contributed by atoms with van der Waals surface area (Å²) in [5.74, 6) is 0. The Labute approximate surface area is 151 Å². The number of hydrogen-bond donors (Lipinski definition) is 0. The maximum atomic E-state index is 4.67. The number of aromatic nitrogens is 1. The highest BCUT2D eigenvalue weighted by Crippen LogP contribution is 2.37. The Kier molecular flexibility index (Phi) is 4.63. The maximum absolute atomic E-state index is 4.67. The van der Waals surface area contributed by atoms with Crippen molar-refractivity contribution < 1.29 is 0 Å². The number of rotatable bonds is 3. The van der Waals surface area contributed by atoms with Crippen molar-refractivity contribution in [1.29, 1.82) is 0 Å². The van der Waals surface area contributed by atoms with Crippen molar-refractivity contribution in [3.05, 3.63) is 70.9 Å². The van der Waals surface area contributed by atoms with Gasteiger partial charge in [0.2, 0.25) is 0 Å². The number of hydrogen-bond acceptors (Lipinski definition) is 2. The second-order valence-electron chi connectivity index (χ2n) is 7.12. The smallest absolute Gasteiger partial charge is 0.0728 e. The molecule has 0 saturated carbocycles. The van der Waals surface area contributed by atoms with Crippen LogP contribution in [0.1, 0.15) is 22.3 Å². The van der Waals surface area contributed by atoms with Crippen LogP contribution in [0.3, 0.4) is 0 Å². The second kappa shape index (κ2) is 6.72. The highest BCUT2D eigenvalue weighted by atomic mass is 15.1. The van der Waals surface area contributed by atoms with Crippen LogP contribution in [-0.2, 0) is 0 Å². The third-order valence-electron chi connectivity index (χ3n) is 4.66. The summed E-state index contributed by atoms with van der Waals surface area (Å²) in [5.41, 5.74) is 11.1. The monoisotopic (exact) mass is 330 g/mol. The molecule has 1 aromatic heterocycles. The Morgan fingerprint density at radius 1 is 0.720 bits per heavy atom. The summed E-state index contributed by atoms with van der Waals surface area (Å²) >= 11 is 0. The van der Waals surface area contributed by atoms with E-state index < -0.39 is 0 Å². The topological polar surface area (TPSA) is 16.1 Å². The van der Waals surface area contributed by atoms with E-state index in [1.165, 1.54) is 38.9 Å². The van der Waals surface area contributed by atoms with E-state index in [0.29, 0.717) is 0 Å². The Balaban J connectivity index is 2.26. The largest absolute Gasteiger partial charge is 0.378 e. The van der Waals surface area contributed by atoms with Crippen LogP contribution in [0.4, 0.5) is 5.69 Å². The molecular formula is C23H26N2. The van der Waals surface area contributed by atoms with Crippen molar-refractivity contribution >= 4 is 5.69 Å². The summed E-state index contributed by atoms with van der Waals surface area (Å²) in [6.45, 7) is 8.69. The van der Waals surface area contributed by atoms with E-state index in [0.717, 1.165) is 11.4 Å². The van der Waals surface area contributed by atoms with Crippen LogP contribution >= 0.6 is 0 Å². The highest BCUT2D eigenvalue weighted by Gasteiger charge is 2.14. The predicted octanol–water partition coefficient (Wildman–Crippen LogP) is 5.72. The highest BCUT2D eigenvalue weighted by molar-refractivity contribution is 5.86. The molecule has 128 valence electrons. The van der Waals surface area contributed by atoms with Gasteiger partial charge < -0.3 is 4.90 Å². The standard InChI is InChI=1S/C23H26N2/c1-15-7-8-20(23-17(3)11-16(2)12-18(23)4)21(13-15)22-14-19(25(5)6)9-10-24-22/h7-14H,1-6H3. The lowest BCUT2D eigenvalue weighted by atomic mass is 9.89. The van der Waals surface area contributed by atoms with E-state index in [2.05, 4.69) is 88.1 Å². The number of nitrogens with zero attached hydrogens (tertiary/aromatic N) is 2. The van der Waals surface area contributed by atoms with Gasteiger partial charge in [-0.3, -0.25) is 4.98 Å². The quantitative estimate of drug-likeness (QED) is 0.611. The first kappa shape index (κ1) is 17.2. The minimum atomic E-state index is 1.02. The van der Waals surface area contributed by atoms with Gasteiger partial charge in [0.1, 0.15) is 0 Å². The first-order chi connectivity index (χ1) is 11.9. The fourth-order valence-electron chi connectivity index (χ4n) is 3.54. The first-order valence-electron chi connectivity index (χ1n) is 8.69. The summed E-state index contributed by atoms with van der Waals surface area (Å²) in [6, 6.07) is 15.4. The number of anilines is 1. The third-order valence-corrected chi connectivity index (χ3v) is 4.66. The molecule has 1 heterocycles. The first-order valence-corrected chi connectivity index (χ1v) is 8.69. The van der Waals surface area contributed by atoms with Crippen molar-refractivity contribution in [2.24, 2.45) is 0 Å². The van der Waals surface area contributed by atoms with Gasteiger partial charge in [0, 0.05) is 31.5 Å². The van der Waals surface area contributed by atoms with Gasteiger partial charge in [-0.05, 0) is 68.1 Å². The molecule has 3 aromatic rings. The van der Waals surface area contributed by atoms with Gasteiger partial charge >= 0.3 is 0 Å². The molecule has 2 aromatic carbocycles. The molecule has 0 radical (unpaired) electrons. The van der Waals surface area contributed by atoms with Crippen LogP contribution in [-0.4, -0.2) is 19.1 Å². The fourth-order valence-corrected chi connectivity index (χ4v) is 3.54. The minimum absolute atomic E-state index is 1.02. The van der Waals surface area contributed by atoms with Crippen molar-refractivity contribution in [1.82, 2.24) is 4.98 Å². The number of aryl methyl sites for hydroxylation is 4. The summed E-state index contributed by atoms with van der Waals surface area (Å²) in [6.07, 6.45) is 1.89. The van der Waals surface area contributed by atoms with Gasteiger partial charge in [-0.15, -0.1) is 0 Å². The van der Waals surface area contributed by atoms with E-state index in [1.54, 1.807) is 0 Å². The summed E-state index contributed by atoms with van der Waals surface area (Å²) in [7, 11) is 4.12. The Morgan fingerprint density at radius 3 is 2.04 bits per heavy atom. The van der Waals surface area contributed by atoms with Crippen molar-refractivity contribution in [2.45, 2.75) is 27.7 Å². The van der Waals surface area contributed by atoms with E-state index in [9.17, 15) is 0 Å². The molecular weight excluding hydrogens is 304 g/mol. The van der Waals surface area contributed by atoms with Crippen molar-refractivity contribution in [3.8, 4) is 22.4 Å². The lowest BCUT2D eigenvalue weighted by molar-refractivity contribution is 1.12.